The molecule has 1 aliphatic heterocycles. The smallest absolute Gasteiger partial charge is 0.306 e. The van der Waals surface area contributed by atoms with E-state index >= 15 is 0 Å². The van der Waals surface area contributed by atoms with Crippen molar-refractivity contribution >= 4 is 11.9 Å². The minimum atomic E-state index is -0.185. The highest BCUT2D eigenvalue weighted by molar-refractivity contribution is 5.78. The molecule has 0 spiro atoms. The Morgan fingerprint density at radius 3 is 2.80 bits per heavy atom. The first-order chi connectivity index (χ1) is 7.17. The van der Waals surface area contributed by atoms with Gasteiger partial charge in [-0.15, -0.1) is 0 Å². The summed E-state index contributed by atoms with van der Waals surface area (Å²) in [6, 6.07) is 0. The van der Waals surface area contributed by atoms with E-state index in [4.69, 9.17) is 4.74 Å². The molecule has 0 aromatic heterocycles. The van der Waals surface area contributed by atoms with Gasteiger partial charge in [0.15, 0.2) is 0 Å². The summed E-state index contributed by atoms with van der Waals surface area (Å²) in [6.07, 6.45) is 1.82. The number of esters is 1. The summed E-state index contributed by atoms with van der Waals surface area (Å²) in [5.41, 5.74) is 0. The van der Waals surface area contributed by atoms with E-state index in [-0.39, 0.29) is 17.8 Å². The van der Waals surface area contributed by atoms with Gasteiger partial charge in [0.1, 0.15) is 0 Å². The average molecular weight is 213 g/mol. The van der Waals surface area contributed by atoms with Crippen molar-refractivity contribution in [3.63, 3.8) is 0 Å². The Morgan fingerprint density at radius 1 is 1.47 bits per heavy atom. The van der Waals surface area contributed by atoms with Gasteiger partial charge in [0, 0.05) is 19.4 Å². The van der Waals surface area contributed by atoms with Crippen LogP contribution in [0.25, 0.3) is 0 Å². The molecule has 1 saturated heterocycles. The molecule has 0 unspecified atom stereocenters. The monoisotopic (exact) mass is 213 g/mol. The van der Waals surface area contributed by atoms with Gasteiger partial charge in [0.05, 0.1) is 6.61 Å². The molecule has 4 nitrogen and oxygen atoms in total. The molecule has 1 N–H and O–H groups in total. The quantitative estimate of drug-likeness (QED) is 0.711. The summed E-state index contributed by atoms with van der Waals surface area (Å²) < 4.78 is 4.90. The summed E-state index contributed by atoms with van der Waals surface area (Å²) in [5.74, 6) is 0.430. The molecule has 1 heterocycles. The fraction of sp³-hybridized carbons (Fsp3) is 0.818. The van der Waals surface area contributed by atoms with E-state index in [1.165, 1.54) is 0 Å². The van der Waals surface area contributed by atoms with Gasteiger partial charge in [-0.2, -0.15) is 0 Å². The summed E-state index contributed by atoms with van der Waals surface area (Å²) in [5, 5.41) is 2.83. The van der Waals surface area contributed by atoms with Gasteiger partial charge >= 0.3 is 5.97 Å². The summed E-state index contributed by atoms with van der Waals surface area (Å²) in [7, 11) is 0. The summed E-state index contributed by atoms with van der Waals surface area (Å²) in [6.45, 7) is 4.98. The van der Waals surface area contributed by atoms with Gasteiger partial charge in [-0.1, -0.05) is 13.3 Å². The molecule has 0 aliphatic carbocycles. The molecule has 0 bridgehead atoms. The van der Waals surface area contributed by atoms with Gasteiger partial charge in [0.2, 0.25) is 5.91 Å². The average Bonchev–Trinajstić information content (AvgIpc) is 2.18. The molecule has 86 valence electrons. The highest BCUT2D eigenvalue weighted by Gasteiger charge is 2.29. The van der Waals surface area contributed by atoms with E-state index in [1.54, 1.807) is 6.92 Å². The van der Waals surface area contributed by atoms with Crippen LogP contribution in [0.3, 0.4) is 0 Å². The van der Waals surface area contributed by atoms with Crippen LogP contribution in [0.1, 0.15) is 33.1 Å². The van der Waals surface area contributed by atoms with Gasteiger partial charge in [0.25, 0.3) is 0 Å². The van der Waals surface area contributed by atoms with Crippen LogP contribution in [0.2, 0.25) is 0 Å². The Kier molecular flexibility index (Phi) is 4.59. The number of carbonyl (C=O) groups is 2. The first-order valence-electron chi connectivity index (χ1n) is 5.59. The molecular weight excluding hydrogens is 194 g/mol. The molecule has 2 atom stereocenters. The molecule has 15 heavy (non-hydrogen) atoms. The zero-order chi connectivity index (χ0) is 11.3. The van der Waals surface area contributed by atoms with Gasteiger partial charge in [-0.05, 0) is 18.8 Å². The van der Waals surface area contributed by atoms with Crippen molar-refractivity contribution in [3.8, 4) is 0 Å². The molecule has 0 aromatic carbocycles. The number of amides is 1. The lowest BCUT2D eigenvalue weighted by Crippen LogP contribution is -2.41. The molecule has 1 rings (SSSR count). The lowest BCUT2D eigenvalue weighted by molar-refractivity contribution is -0.145. The molecule has 1 fully saturated rings. The highest BCUT2D eigenvalue weighted by atomic mass is 16.5. The largest absolute Gasteiger partial charge is 0.466 e. The first-order valence-corrected chi connectivity index (χ1v) is 5.59. The van der Waals surface area contributed by atoms with E-state index in [0.717, 1.165) is 6.42 Å². The van der Waals surface area contributed by atoms with Crippen LogP contribution in [-0.4, -0.2) is 25.0 Å². The number of ether oxygens (including phenoxy) is 1. The Bertz CT molecular complexity index is 240. The van der Waals surface area contributed by atoms with E-state index in [0.29, 0.717) is 31.9 Å². The summed E-state index contributed by atoms with van der Waals surface area (Å²) in [4.78, 5) is 22.5. The van der Waals surface area contributed by atoms with Crippen LogP contribution in [0.5, 0.6) is 0 Å². The number of piperidine rings is 1. The van der Waals surface area contributed by atoms with Gasteiger partial charge < -0.3 is 10.1 Å². The predicted octanol–water partition coefficient (Wildman–Crippen LogP) is 1.10. The second kappa shape index (κ2) is 5.73. The maximum atomic E-state index is 11.3. The van der Waals surface area contributed by atoms with Crippen LogP contribution in [0, 0.1) is 11.8 Å². The second-order valence-electron chi connectivity index (χ2n) is 3.95. The van der Waals surface area contributed by atoms with Crippen molar-refractivity contribution < 1.29 is 14.3 Å². The molecule has 0 radical (unpaired) electrons. The zero-order valence-corrected chi connectivity index (χ0v) is 9.41. The normalized spacial score (nSPS) is 25.9. The molecule has 4 heteroatoms. The van der Waals surface area contributed by atoms with E-state index in [2.05, 4.69) is 12.2 Å². The Balaban J connectivity index is 2.48. The Morgan fingerprint density at radius 2 is 2.20 bits per heavy atom. The van der Waals surface area contributed by atoms with Crippen LogP contribution in [0.4, 0.5) is 0 Å². The van der Waals surface area contributed by atoms with Crippen molar-refractivity contribution in [1.29, 1.82) is 0 Å². The van der Waals surface area contributed by atoms with Crippen molar-refractivity contribution in [2.75, 3.05) is 13.2 Å². The van der Waals surface area contributed by atoms with Crippen LogP contribution in [-0.2, 0) is 14.3 Å². The van der Waals surface area contributed by atoms with Crippen LogP contribution < -0.4 is 5.32 Å². The van der Waals surface area contributed by atoms with Gasteiger partial charge in [-0.25, -0.2) is 0 Å². The number of hydrogen-bond acceptors (Lipinski definition) is 3. The minimum Gasteiger partial charge on any atom is -0.466 e. The Labute approximate surface area is 90.4 Å². The molecule has 1 amide bonds. The van der Waals surface area contributed by atoms with E-state index in [9.17, 15) is 9.59 Å². The Hall–Kier alpha value is -1.06. The summed E-state index contributed by atoms with van der Waals surface area (Å²) >= 11 is 0. The third-order valence-electron chi connectivity index (χ3n) is 2.93. The SMILES string of the molecule is CCOC(=O)C[C@@H]1CC(=O)NC[C@H]1CC. The van der Waals surface area contributed by atoms with Crippen molar-refractivity contribution in [3.05, 3.63) is 0 Å². The fourth-order valence-corrected chi connectivity index (χ4v) is 2.04. The van der Waals surface area contributed by atoms with E-state index in [1.807, 2.05) is 0 Å². The number of rotatable bonds is 4. The predicted molar refractivity (Wildman–Crippen MR) is 56.1 cm³/mol. The lowest BCUT2D eigenvalue weighted by atomic mass is 9.82. The maximum absolute atomic E-state index is 11.3. The van der Waals surface area contributed by atoms with Crippen molar-refractivity contribution in [2.24, 2.45) is 11.8 Å². The van der Waals surface area contributed by atoms with Crippen molar-refractivity contribution in [2.45, 2.75) is 33.1 Å². The fourth-order valence-electron chi connectivity index (χ4n) is 2.04. The first kappa shape index (κ1) is 12.0. The molecular formula is C11H19NO3. The number of hydrogen-bond donors (Lipinski definition) is 1. The highest BCUT2D eigenvalue weighted by Crippen LogP contribution is 2.26. The minimum absolute atomic E-state index is 0.0500. The number of carbonyl (C=O) groups excluding carboxylic acids is 2. The lowest BCUT2D eigenvalue weighted by Gasteiger charge is -2.30. The van der Waals surface area contributed by atoms with Gasteiger partial charge in [-0.3, -0.25) is 9.59 Å². The van der Waals surface area contributed by atoms with Crippen LogP contribution in [0.15, 0.2) is 0 Å². The van der Waals surface area contributed by atoms with E-state index < -0.39 is 0 Å². The molecule has 1 aliphatic rings. The maximum Gasteiger partial charge on any atom is 0.306 e. The number of nitrogens with one attached hydrogen (secondary N) is 1. The second-order valence-corrected chi connectivity index (χ2v) is 3.95. The van der Waals surface area contributed by atoms with Crippen molar-refractivity contribution in [1.82, 2.24) is 5.32 Å². The topological polar surface area (TPSA) is 55.4 Å². The third-order valence-corrected chi connectivity index (χ3v) is 2.93. The standard InChI is InChI=1S/C11H19NO3/c1-3-8-7-12-10(13)5-9(8)6-11(14)15-4-2/h8-9H,3-7H2,1-2H3,(H,12,13)/t8-,9+/m1/s1. The zero-order valence-electron chi connectivity index (χ0n) is 9.41. The van der Waals surface area contributed by atoms with Crippen LogP contribution >= 0.6 is 0 Å². The molecule has 0 aromatic rings. The third kappa shape index (κ3) is 3.53. The molecule has 0 saturated carbocycles.